The van der Waals surface area contributed by atoms with Crippen LogP contribution in [0.3, 0.4) is 0 Å². The standard InChI is InChI=1S/C19H20ClN5O2/c1-2-5-24-10-15(3-4-19(24)26)25-9-13(7-22-25)16-8-21-18(6-17(16)20)23-14-11-27-12-14/h3-4,6-10,14H,2,5,11-12H2,1H3,(H,21,23). The topological polar surface area (TPSA) is 74.0 Å². The van der Waals surface area contributed by atoms with Crippen molar-refractivity contribution in [3.05, 3.63) is 58.4 Å². The molecule has 0 bridgehead atoms. The molecule has 1 N–H and O–H groups in total. The number of anilines is 1. The van der Waals surface area contributed by atoms with E-state index < -0.39 is 0 Å². The van der Waals surface area contributed by atoms with E-state index >= 15 is 0 Å². The predicted octanol–water partition coefficient (Wildman–Crippen LogP) is 2.97. The Kier molecular flexibility index (Phi) is 4.96. The zero-order valence-electron chi connectivity index (χ0n) is 14.9. The zero-order chi connectivity index (χ0) is 18.8. The van der Waals surface area contributed by atoms with Gasteiger partial charge < -0.3 is 14.6 Å². The van der Waals surface area contributed by atoms with E-state index in [1.54, 1.807) is 33.8 Å². The number of halogens is 1. The summed E-state index contributed by atoms with van der Waals surface area (Å²) in [6, 6.07) is 5.43. The minimum atomic E-state index is -0.0137. The van der Waals surface area contributed by atoms with Gasteiger partial charge in [0.2, 0.25) is 0 Å². The van der Waals surface area contributed by atoms with E-state index in [0.717, 1.165) is 29.1 Å². The Hall–Kier alpha value is -2.64. The number of nitrogens with one attached hydrogen (secondary N) is 1. The molecule has 3 aromatic rings. The van der Waals surface area contributed by atoms with Crippen LogP contribution in [0.4, 0.5) is 5.82 Å². The van der Waals surface area contributed by atoms with Crippen molar-refractivity contribution in [1.29, 1.82) is 0 Å². The molecule has 4 heterocycles. The fourth-order valence-electron chi connectivity index (χ4n) is 2.92. The Balaban J connectivity index is 1.59. The molecule has 0 unspecified atom stereocenters. The average Bonchev–Trinajstić information content (AvgIpc) is 3.10. The number of aromatic nitrogens is 4. The van der Waals surface area contributed by atoms with Crippen molar-refractivity contribution >= 4 is 17.4 Å². The largest absolute Gasteiger partial charge is 0.377 e. The molecule has 0 aliphatic carbocycles. The first-order chi connectivity index (χ1) is 13.1. The van der Waals surface area contributed by atoms with Gasteiger partial charge in [0, 0.05) is 42.3 Å². The second-order valence-corrected chi connectivity index (χ2v) is 6.93. The summed E-state index contributed by atoms with van der Waals surface area (Å²) in [5.41, 5.74) is 2.47. The number of pyridine rings is 2. The molecule has 0 saturated carbocycles. The number of ether oxygens (including phenoxy) is 1. The van der Waals surface area contributed by atoms with Crippen molar-refractivity contribution in [3.8, 4) is 16.8 Å². The molecule has 8 heteroatoms. The van der Waals surface area contributed by atoms with Gasteiger partial charge in [0.15, 0.2) is 0 Å². The van der Waals surface area contributed by atoms with Crippen LogP contribution in [0.15, 0.2) is 47.8 Å². The van der Waals surface area contributed by atoms with Crippen LogP contribution in [0, 0.1) is 0 Å². The summed E-state index contributed by atoms with van der Waals surface area (Å²) >= 11 is 6.46. The summed E-state index contributed by atoms with van der Waals surface area (Å²) < 4.78 is 8.57. The van der Waals surface area contributed by atoms with Crippen LogP contribution in [0.2, 0.25) is 5.02 Å². The van der Waals surface area contributed by atoms with Crippen molar-refractivity contribution in [1.82, 2.24) is 19.3 Å². The van der Waals surface area contributed by atoms with E-state index in [4.69, 9.17) is 16.3 Å². The molecule has 0 aromatic carbocycles. The third-order valence-corrected chi connectivity index (χ3v) is 4.75. The first kappa shape index (κ1) is 17.8. The van der Waals surface area contributed by atoms with Gasteiger partial charge in [0.1, 0.15) is 5.82 Å². The molecule has 4 rings (SSSR count). The van der Waals surface area contributed by atoms with E-state index in [1.165, 1.54) is 0 Å². The minimum Gasteiger partial charge on any atom is -0.377 e. The van der Waals surface area contributed by atoms with E-state index in [2.05, 4.69) is 15.4 Å². The summed E-state index contributed by atoms with van der Waals surface area (Å²) in [7, 11) is 0. The van der Waals surface area contributed by atoms with Gasteiger partial charge in [0.05, 0.1) is 36.2 Å². The highest BCUT2D eigenvalue weighted by molar-refractivity contribution is 6.33. The van der Waals surface area contributed by atoms with Gasteiger partial charge in [-0.2, -0.15) is 5.10 Å². The fraction of sp³-hybridized carbons (Fsp3) is 0.316. The first-order valence-corrected chi connectivity index (χ1v) is 9.27. The number of hydrogen-bond acceptors (Lipinski definition) is 5. The van der Waals surface area contributed by atoms with Gasteiger partial charge in [-0.05, 0) is 18.6 Å². The third kappa shape index (κ3) is 3.74. The molecule has 0 atom stereocenters. The highest BCUT2D eigenvalue weighted by Gasteiger charge is 2.19. The molecule has 1 aliphatic heterocycles. The van der Waals surface area contributed by atoms with Crippen LogP contribution >= 0.6 is 11.6 Å². The molecule has 27 heavy (non-hydrogen) atoms. The highest BCUT2D eigenvalue weighted by atomic mass is 35.5. The van der Waals surface area contributed by atoms with Crippen molar-refractivity contribution < 1.29 is 4.74 Å². The van der Waals surface area contributed by atoms with Crippen LogP contribution in [0.25, 0.3) is 16.8 Å². The number of hydrogen-bond donors (Lipinski definition) is 1. The monoisotopic (exact) mass is 385 g/mol. The maximum atomic E-state index is 11.9. The number of aryl methyl sites for hydroxylation is 1. The summed E-state index contributed by atoms with van der Waals surface area (Å²) in [6.45, 7) is 4.09. The highest BCUT2D eigenvalue weighted by Crippen LogP contribution is 2.29. The van der Waals surface area contributed by atoms with Crippen molar-refractivity contribution in [2.45, 2.75) is 25.9 Å². The number of nitrogens with zero attached hydrogens (tertiary/aromatic N) is 4. The van der Waals surface area contributed by atoms with Crippen LogP contribution in [0.5, 0.6) is 0 Å². The van der Waals surface area contributed by atoms with Gasteiger partial charge in [-0.3, -0.25) is 4.79 Å². The van der Waals surface area contributed by atoms with E-state index in [0.29, 0.717) is 30.8 Å². The maximum absolute atomic E-state index is 11.9. The van der Waals surface area contributed by atoms with Gasteiger partial charge in [-0.1, -0.05) is 18.5 Å². The molecule has 1 saturated heterocycles. The molecule has 0 spiro atoms. The van der Waals surface area contributed by atoms with Gasteiger partial charge >= 0.3 is 0 Å². The molecule has 7 nitrogen and oxygen atoms in total. The van der Waals surface area contributed by atoms with Gasteiger partial charge in [-0.15, -0.1) is 0 Å². The molecule has 1 aliphatic rings. The Labute approximate surface area is 161 Å². The van der Waals surface area contributed by atoms with Crippen molar-refractivity contribution in [2.24, 2.45) is 0 Å². The Morgan fingerprint density at radius 1 is 1.30 bits per heavy atom. The molecule has 0 radical (unpaired) electrons. The second-order valence-electron chi connectivity index (χ2n) is 6.52. The SMILES string of the molecule is CCCn1cc(-n2cc(-c3cnc(NC4COC4)cc3Cl)cn2)ccc1=O. The minimum absolute atomic E-state index is 0.0137. The molecule has 0 amide bonds. The zero-order valence-corrected chi connectivity index (χ0v) is 15.7. The summed E-state index contributed by atoms with van der Waals surface area (Å²) in [4.78, 5) is 16.3. The van der Waals surface area contributed by atoms with Gasteiger partial charge in [0.25, 0.3) is 5.56 Å². The lowest BCUT2D eigenvalue weighted by molar-refractivity contribution is 0.0209. The molecular formula is C19H20ClN5O2. The predicted molar refractivity (Wildman–Crippen MR) is 105 cm³/mol. The van der Waals surface area contributed by atoms with Crippen LogP contribution in [-0.2, 0) is 11.3 Å². The van der Waals surface area contributed by atoms with Crippen molar-refractivity contribution in [3.63, 3.8) is 0 Å². The lowest BCUT2D eigenvalue weighted by Gasteiger charge is -2.27. The van der Waals surface area contributed by atoms with Crippen LogP contribution in [-0.4, -0.2) is 38.6 Å². The van der Waals surface area contributed by atoms with Crippen LogP contribution in [0.1, 0.15) is 13.3 Å². The smallest absolute Gasteiger partial charge is 0.250 e. The molecule has 3 aromatic heterocycles. The normalized spacial score (nSPS) is 14.1. The van der Waals surface area contributed by atoms with Crippen LogP contribution < -0.4 is 10.9 Å². The lowest BCUT2D eigenvalue weighted by Crippen LogP contribution is -2.40. The van der Waals surface area contributed by atoms with Crippen molar-refractivity contribution in [2.75, 3.05) is 18.5 Å². The Morgan fingerprint density at radius 3 is 2.85 bits per heavy atom. The molecule has 1 fully saturated rings. The average molecular weight is 386 g/mol. The summed E-state index contributed by atoms with van der Waals surface area (Å²) in [6.07, 6.45) is 8.07. The first-order valence-electron chi connectivity index (χ1n) is 8.90. The lowest BCUT2D eigenvalue weighted by atomic mass is 10.1. The second kappa shape index (κ2) is 7.54. The Bertz CT molecular complexity index is 1010. The summed E-state index contributed by atoms with van der Waals surface area (Å²) in [5, 5.41) is 8.29. The molecule has 140 valence electrons. The Morgan fingerprint density at radius 2 is 2.15 bits per heavy atom. The number of rotatable bonds is 6. The summed E-state index contributed by atoms with van der Waals surface area (Å²) in [5.74, 6) is 0.732. The third-order valence-electron chi connectivity index (χ3n) is 4.43. The quantitative estimate of drug-likeness (QED) is 0.706. The van der Waals surface area contributed by atoms with Gasteiger partial charge in [-0.25, -0.2) is 9.67 Å². The maximum Gasteiger partial charge on any atom is 0.250 e. The van der Waals surface area contributed by atoms with E-state index in [9.17, 15) is 4.79 Å². The molecular weight excluding hydrogens is 366 g/mol. The van der Waals surface area contributed by atoms with E-state index in [1.807, 2.05) is 25.4 Å². The van der Waals surface area contributed by atoms with E-state index in [-0.39, 0.29) is 5.56 Å². The fourth-order valence-corrected chi connectivity index (χ4v) is 3.18.